The largest absolute Gasteiger partial charge is 0.493 e. The van der Waals surface area contributed by atoms with Gasteiger partial charge in [0.25, 0.3) is 0 Å². The highest BCUT2D eigenvalue weighted by Gasteiger charge is 2.30. The normalized spacial score (nSPS) is 16.5. The van der Waals surface area contributed by atoms with Gasteiger partial charge in [-0.15, -0.1) is 0 Å². The molecule has 0 N–H and O–H groups in total. The predicted octanol–water partition coefficient (Wildman–Crippen LogP) is 4.01. The highest BCUT2D eigenvalue weighted by atomic mass is 32.2. The molecule has 0 heterocycles. The zero-order chi connectivity index (χ0) is 25.8. The summed E-state index contributed by atoms with van der Waals surface area (Å²) in [6.45, 7) is 0. The summed E-state index contributed by atoms with van der Waals surface area (Å²) < 4.78 is 20.3. The number of hydrogen-bond donors (Lipinski definition) is 0. The van der Waals surface area contributed by atoms with Crippen molar-refractivity contribution in [1.82, 2.24) is 0 Å². The molecule has 2 aliphatic rings. The van der Waals surface area contributed by atoms with E-state index in [0.29, 0.717) is 24.0 Å². The summed E-state index contributed by atoms with van der Waals surface area (Å²) in [5.41, 5.74) is 0.782. The summed E-state index contributed by atoms with van der Waals surface area (Å²) in [7, 11) is 5.55. The van der Waals surface area contributed by atoms with E-state index in [9.17, 15) is 19.2 Å². The smallest absolute Gasteiger partial charge is 0.227 e. The number of hydrogen-bond acceptors (Lipinski definition) is 9. The molecule has 0 saturated heterocycles. The van der Waals surface area contributed by atoms with E-state index in [-0.39, 0.29) is 46.2 Å². The first-order valence-electron chi connectivity index (χ1n) is 11.7. The average molecular weight is 507 g/mol. The van der Waals surface area contributed by atoms with E-state index in [0.717, 1.165) is 50.0 Å². The number of rotatable bonds is 16. The minimum Gasteiger partial charge on any atom is -0.493 e. The Balaban J connectivity index is 1.61. The number of ether oxygens (including phenoxy) is 4. The van der Waals surface area contributed by atoms with Crippen LogP contribution in [0.25, 0.3) is 0 Å². The topological polar surface area (TPSA) is 105 Å². The molecule has 0 radical (unpaired) electrons. The fourth-order valence-electron chi connectivity index (χ4n) is 3.97. The number of methoxy groups -OCH3 is 4. The minimum atomic E-state index is -0.334. The molecule has 0 unspecified atom stereocenters. The van der Waals surface area contributed by atoms with Gasteiger partial charge < -0.3 is 18.9 Å². The number of thioether (sulfide) groups is 1. The molecule has 0 bridgehead atoms. The van der Waals surface area contributed by atoms with E-state index >= 15 is 0 Å². The molecule has 0 saturated carbocycles. The van der Waals surface area contributed by atoms with Crippen molar-refractivity contribution in [1.29, 1.82) is 0 Å². The number of carbonyl (C=O) groups excluding carboxylic acids is 4. The maximum atomic E-state index is 12.4. The van der Waals surface area contributed by atoms with Crippen LogP contribution in [0.3, 0.4) is 0 Å². The number of unbranched alkanes of at least 4 members (excludes halogenated alkanes) is 4. The van der Waals surface area contributed by atoms with E-state index in [1.807, 2.05) is 11.8 Å². The van der Waals surface area contributed by atoms with Gasteiger partial charge in [-0.05, 0) is 50.0 Å². The third-order valence-corrected chi connectivity index (χ3v) is 6.95. The molecule has 8 nitrogen and oxygen atoms in total. The lowest BCUT2D eigenvalue weighted by Gasteiger charge is -2.17. The second-order valence-electron chi connectivity index (χ2n) is 8.07. The van der Waals surface area contributed by atoms with Gasteiger partial charge in [-0.2, -0.15) is 11.8 Å². The quantitative estimate of drug-likeness (QED) is 0.227. The van der Waals surface area contributed by atoms with Crippen molar-refractivity contribution in [2.45, 2.75) is 51.4 Å². The van der Waals surface area contributed by atoms with Gasteiger partial charge in [0.15, 0.2) is 23.0 Å². The van der Waals surface area contributed by atoms with Crippen LogP contribution in [-0.4, -0.2) is 63.1 Å². The summed E-state index contributed by atoms with van der Waals surface area (Å²) in [4.78, 5) is 49.0. The van der Waals surface area contributed by atoms with Gasteiger partial charge in [-0.1, -0.05) is 12.8 Å². The Bertz CT molecular complexity index is 878. The zero-order valence-electron chi connectivity index (χ0n) is 20.9. The van der Waals surface area contributed by atoms with Crippen LogP contribution < -0.4 is 0 Å². The second kappa shape index (κ2) is 14.6. The third kappa shape index (κ3) is 7.59. The lowest BCUT2D eigenvalue weighted by atomic mass is 9.95. The molecule has 0 atom stereocenters. The van der Waals surface area contributed by atoms with Crippen molar-refractivity contribution in [3.8, 4) is 0 Å². The monoisotopic (exact) mass is 506 g/mol. The predicted molar refractivity (Wildman–Crippen MR) is 133 cm³/mol. The standard InChI is InChI=1S/C26H34O8S/c1-31-21-15-19(27)25(33-3)17(23(21)29)11-7-5-9-13-35-14-10-6-8-12-18-24(30)22(32-2)16-20(28)26(18)34-4/h15-16H,5-14H2,1-4H3. The minimum absolute atomic E-state index is 0.0612. The number of Topliss-reactive ketones (excluding diaryl/α,β-unsaturated/α-hetero) is 2. The molecule has 0 aliphatic heterocycles. The molecular weight excluding hydrogens is 472 g/mol. The van der Waals surface area contributed by atoms with Gasteiger partial charge in [0, 0.05) is 23.3 Å². The first-order valence-corrected chi connectivity index (χ1v) is 12.9. The van der Waals surface area contributed by atoms with Crippen LogP contribution in [0, 0.1) is 0 Å². The highest BCUT2D eigenvalue weighted by Crippen LogP contribution is 2.26. The summed E-state index contributed by atoms with van der Waals surface area (Å²) >= 11 is 1.87. The van der Waals surface area contributed by atoms with Crippen LogP contribution in [0.15, 0.2) is 46.3 Å². The van der Waals surface area contributed by atoms with E-state index in [4.69, 9.17) is 18.9 Å². The molecule has 2 aliphatic carbocycles. The maximum Gasteiger partial charge on any atom is 0.227 e. The Hall–Kier alpha value is -2.81. The third-order valence-electron chi connectivity index (χ3n) is 5.79. The van der Waals surface area contributed by atoms with Crippen molar-refractivity contribution in [2.24, 2.45) is 0 Å². The Morgan fingerprint density at radius 2 is 0.971 bits per heavy atom. The average Bonchev–Trinajstić information content (AvgIpc) is 2.85. The molecule has 0 fully saturated rings. The summed E-state index contributed by atoms with van der Waals surface area (Å²) in [6.07, 6.45) is 8.83. The van der Waals surface area contributed by atoms with Crippen molar-refractivity contribution >= 4 is 34.9 Å². The van der Waals surface area contributed by atoms with Crippen LogP contribution in [0.4, 0.5) is 0 Å². The molecule has 192 valence electrons. The lowest BCUT2D eigenvalue weighted by molar-refractivity contribution is -0.120. The van der Waals surface area contributed by atoms with E-state index in [1.165, 1.54) is 40.6 Å². The molecule has 0 amide bonds. The summed E-state index contributed by atoms with van der Waals surface area (Å²) in [5, 5.41) is 0. The lowest BCUT2D eigenvalue weighted by Crippen LogP contribution is -2.21. The van der Waals surface area contributed by atoms with Crippen molar-refractivity contribution in [3.05, 3.63) is 46.3 Å². The fraction of sp³-hybridized carbons (Fsp3) is 0.538. The first-order chi connectivity index (χ1) is 16.9. The number of allylic oxidation sites excluding steroid dienone is 4. The summed E-state index contributed by atoms with van der Waals surface area (Å²) in [5.74, 6) is 1.16. The molecule has 0 aromatic heterocycles. The van der Waals surface area contributed by atoms with Crippen molar-refractivity contribution in [3.63, 3.8) is 0 Å². The molecule has 0 aromatic rings. The van der Waals surface area contributed by atoms with Crippen LogP contribution in [-0.2, 0) is 38.1 Å². The zero-order valence-corrected chi connectivity index (χ0v) is 21.7. The van der Waals surface area contributed by atoms with E-state index in [1.54, 1.807) is 0 Å². The van der Waals surface area contributed by atoms with Crippen molar-refractivity contribution < 1.29 is 38.1 Å². The second-order valence-corrected chi connectivity index (χ2v) is 9.29. The van der Waals surface area contributed by atoms with Crippen LogP contribution in [0.1, 0.15) is 51.4 Å². The molecule has 9 heteroatoms. The molecule has 0 aromatic carbocycles. The molecule has 2 rings (SSSR count). The molecule has 35 heavy (non-hydrogen) atoms. The van der Waals surface area contributed by atoms with Gasteiger partial charge in [0.1, 0.15) is 0 Å². The van der Waals surface area contributed by atoms with Gasteiger partial charge in [-0.25, -0.2) is 0 Å². The first kappa shape index (κ1) is 28.4. The molecular formula is C26H34O8S. The maximum absolute atomic E-state index is 12.4. The number of ketones is 4. The Labute approximate surface area is 210 Å². The SMILES string of the molecule is COC1=CC(=O)C(OC)=C(CCCCCSCCCCCC2=C(OC)C(=O)C=C(OC)C2=O)C1=O. The van der Waals surface area contributed by atoms with Gasteiger partial charge >= 0.3 is 0 Å². The Morgan fingerprint density at radius 1 is 0.571 bits per heavy atom. The van der Waals surface area contributed by atoms with Crippen LogP contribution >= 0.6 is 11.8 Å². The van der Waals surface area contributed by atoms with Crippen molar-refractivity contribution in [2.75, 3.05) is 39.9 Å². The van der Waals surface area contributed by atoms with Gasteiger partial charge in [-0.3, -0.25) is 19.2 Å². The Morgan fingerprint density at radius 3 is 1.31 bits per heavy atom. The van der Waals surface area contributed by atoms with Gasteiger partial charge in [0.05, 0.1) is 28.4 Å². The van der Waals surface area contributed by atoms with E-state index in [2.05, 4.69) is 0 Å². The molecule has 0 spiro atoms. The fourth-order valence-corrected chi connectivity index (χ4v) is 4.99. The highest BCUT2D eigenvalue weighted by molar-refractivity contribution is 7.99. The van der Waals surface area contributed by atoms with Crippen LogP contribution in [0.2, 0.25) is 0 Å². The Kier molecular flexibility index (Phi) is 11.8. The summed E-state index contributed by atoms with van der Waals surface area (Å²) in [6, 6.07) is 0. The number of carbonyl (C=O) groups is 4. The van der Waals surface area contributed by atoms with E-state index < -0.39 is 0 Å². The van der Waals surface area contributed by atoms with Gasteiger partial charge in [0.2, 0.25) is 23.1 Å². The van der Waals surface area contributed by atoms with Crippen LogP contribution in [0.5, 0.6) is 0 Å².